The Balaban J connectivity index is 1.24. The van der Waals surface area contributed by atoms with Gasteiger partial charge in [-0.15, -0.1) is 0 Å². The molecule has 2 aromatic carbocycles. The van der Waals surface area contributed by atoms with Crippen molar-refractivity contribution in [1.82, 2.24) is 9.21 Å². The molecule has 8 nitrogen and oxygen atoms in total. The number of sulfonamides is 1. The number of rotatable bonds is 5. The average Bonchev–Trinajstić information content (AvgIpc) is 3.26. The zero-order valence-electron chi connectivity index (χ0n) is 18.6. The lowest BCUT2D eigenvalue weighted by molar-refractivity contribution is -0.134. The fraction of sp³-hybridized carbons (Fsp3) is 0.417. The number of carbonyl (C=O) groups excluding carboxylic acids is 2. The van der Waals surface area contributed by atoms with Crippen molar-refractivity contribution in [3.63, 3.8) is 0 Å². The number of para-hydroxylation sites is 1. The Hall–Kier alpha value is -2.91. The summed E-state index contributed by atoms with van der Waals surface area (Å²) in [6.07, 6.45) is 1.67. The lowest BCUT2D eigenvalue weighted by Gasteiger charge is -2.34. The van der Waals surface area contributed by atoms with E-state index in [0.29, 0.717) is 44.6 Å². The first-order chi connectivity index (χ1) is 15.8. The van der Waals surface area contributed by atoms with Gasteiger partial charge in [0.25, 0.3) is 5.91 Å². The van der Waals surface area contributed by atoms with Gasteiger partial charge in [-0.2, -0.15) is 4.31 Å². The average molecular weight is 470 g/mol. The number of hydrogen-bond donors (Lipinski definition) is 0. The van der Waals surface area contributed by atoms with Crippen molar-refractivity contribution in [2.24, 2.45) is 0 Å². The predicted molar refractivity (Wildman–Crippen MR) is 123 cm³/mol. The fourth-order valence-electron chi connectivity index (χ4n) is 4.85. The molecule has 0 atom stereocenters. The molecule has 1 fully saturated rings. The maximum atomic E-state index is 13.4. The summed E-state index contributed by atoms with van der Waals surface area (Å²) < 4.78 is 33.8. The van der Waals surface area contributed by atoms with Gasteiger partial charge in [0.05, 0.1) is 10.6 Å². The van der Waals surface area contributed by atoms with Gasteiger partial charge < -0.3 is 14.5 Å². The zero-order valence-corrected chi connectivity index (χ0v) is 19.4. The summed E-state index contributed by atoms with van der Waals surface area (Å²) in [7, 11) is -3.67. The molecule has 0 unspecified atom stereocenters. The Bertz CT molecular complexity index is 1220. The predicted octanol–water partition coefficient (Wildman–Crippen LogP) is 1.74. The van der Waals surface area contributed by atoms with Crippen molar-refractivity contribution in [3.05, 3.63) is 53.1 Å². The lowest BCUT2D eigenvalue weighted by atomic mass is 10.00. The van der Waals surface area contributed by atoms with Gasteiger partial charge in [-0.1, -0.05) is 18.2 Å². The molecule has 0 spiro atoms. The van der Waals surface area contributed by atoms with E-state index in [1.165, 1.54) is 4.31 Å². The third-order valence-corrected chi connectivity index (χ3v) is 8.58. The van der Waals surface area contributed by atoms with Crippen LogP contribution < -0.4 is 9.64 Å². The Morgan fingerprint density at radius 1 is 0.970 bits per heavy atom. The van der Waals surface area contributed by atoms with E-state index in [4.69, 9.17) is 4.74 Å². The van der Waals surface area contributed by atoms with E-state index in [0.717, 1.165) is 22.4 Å². The van der Waals surface area contributed by atoms with Crippen molar-refractivity contribution in [2.45, 2.75) is 31.1 Å². The van der Waals surface area contributed by atoms with Crippen LogP contribution in [0.4, 0.5) is 5.69 Å². The molecule has 3 heterocycles. The van der Waals surface area contributed by atoms with Gasteiger partial charge >= 0.3 is 0 Å². The summed E-state index contributed by atoms with van der Waals surface area (Å²) in [4.78, 5) is 28.4. The van der Waals surface area contributed by atoms with Crippen molar-refractivity contribution < 1.29 is 22.7 Å². The molecular weight excluding hydrogens is 442 g/mol. The van der Waals surface area contributed by atoms with E-state index in [1.807, 2.05) is 31.2 Å². The summed E-state index contributed by atoms with van der Waals surface area (Å²) in [5.74, 6) is 0.638. The number of carbonyl (C=O) groups is 2. The first kappa shape index (κ1) is 21.9. The van der Waals surface area contributed by atoms with Crippen molar-refractivity contribution in [3.8, 4) is 5.75 Å². The van der Waals surface area contributed by atoms with Crippen molar-refractivity contribution >= 4 is 27.5 Å². The highest BCUT2D eigenvalue weighted by atomic mass is 32.2. The molecule has 5 rings (SSSR count). The third-order valence-electron chi connectivity index (χ3n) is 6.70. The topological polar surface area (TPSA) is 87.2 Å². The summed E-state index contributed by atoms with van der Waals surface area (Å²) in [6.45, 7) is 3.62. The Morgan fingerprint density at radius 3 is 2.39 bits per heavy atom. The summed E-state index contributed by atoms with van der Waals surface area (Å²) in [6, 6.07) is 11.0. The number of ether oxygens (including phenoxy) is 1. The van der Waals surface area contributed by atoms with Crippen LogP contribution in [0.1, 0.15) is 23.1 Å². The van der Waals surface area contributed by atoms with Gasteiger partial charge in [0, 0.05) is 39.1 Å². The molecule has 33 heavy (non-hydrogen) atoms. The minimum Gasteiger partial charge on any atom is -0.484 e. The second-order valence-corrected chi connectivity index (χ2v) is 10.7. The Labute approximate surface area is 193 Å². The number of hydrogen-bond acceptors (Lipinski definition) is 5. The van der Waals surface area contributed by atoms with Gasteiger partial charge in [-0.3, -0.25) is 9.59 Å². The molecule has 0 bridgehead atoms. The number of benzene rings is 2. The van der Waals surface area contributed by atoms with Crippen molar-refractivity contribution in [1.29, 1.82) is 0 Å². The molecule has 0 aromatic heterocycles. The number of anilines is 1. The third kappa shape index (κ3) is 4.00. The van der Waals surface area contributed by atoms with Crippen LogP contribution in [-0.2, 0) is 32.5 Å². The quantitative estimate of drug-likeness (QED) is 0.666. The minimum atomic E-state index is -3.67. The number of piperazine rings is 1. The van der Waals surface area contributed by atoms with Crippen LogP contribution in [0.5, 0.6) is 5.75 Å². The fourth-order valence-corrected chi connectivity index (χ4v) is 6.38. The molecule has 3 aliphatic heterocycles. The van der Waals surface area contributed by atoms with Gasteiger partial charge in [0.15, 0.2) is 6.61 Å². The molecule has 174 valence electrons. The van der Waals surface area contributed by atoms with E-state index < -0.39 is 10.0 Å². The molecule has 0 radical (unpaired) electrons. The minimum absolute atomic E-state index is 0.0684. The number of amides is 2. The van der Waals surface area contributed by atoms with E-state index in [9.17, 15) is 18.0 Å². The second-order valence-electron chi connectivity index (χ2n) is 8.72. The molecule has 9 heteroatoms. The van der Waals surface area contributed by atoms with Crippen LogP contribution in [-0.4, -0.2) is 68.8 Å². The maximum absolute atomic E-state index is 13.4. The van der Waals surface area contributed by atoms with E-state index in [2.05, 4.69) is 0 Å². The van der Waals surface area contributed by atoms with E-state index in [-0.39, 0.29) is 36.4 Å². The highest BCUT2D eigenvalue weighted by Crippen LogP contribution is 2.39. The molecule has 0 N–H and O–H groups in total. The highest BCUT2D eigenvalue weighted by Gasteiger charge is 2.35. The van der Waals surface area contributed by atoms with Gasteiger partial charge in [-0.05, 0) is 54.7 Å². The van der Waals surface area contributed by atoms with E-state index >= 15 is 0 Å². The molecule has 3 aliphatic rings. The Kier molecular flexibility index (Phi) is 5.62. The smallest absolute Gasteiger partial charge is 0.260 e. The highest BCUT2D eigenvalue weighted by molar-refractivity contribution is 7.89. The monoisotopic (exact) mass is 469 g/mol. The summed E-state index contributed by atoms with van der Waals surface area (Å²) in [5, 5.41) is 0. The molecule has 0 aliphatic carbocycles. The summed E-state index contributed by atoms with van der Waals surface area (Å²) in [5.41, 5.74) is 3.74. The van der Waals surface area contributed by atoms with Gasteiger partial charge in [0.1, 0.15) is 5.75 Å². The van der Waals surface area contributed by atoms with Crippen LogP contribution in [0.25, 0.3) is 0 Å². The first-order valence-electron chi connectivity index (χ1n) is 11.3. The normalized spacial score (nSPS) is 18.4. The SMILES string of the molecule is Cc1ccccc1OCC(=O)N1CCN(S(=O)(=O)c2cc3c4c(c2)CCN4C(=O)CC3)CC1. The van der Waals surface area contributed by atoms with Crippen LogP contribution >= 0.6 is 0 Å². The summed E-state index contributed by atoms with van der Waals surface area (Å²) >= 11 is 0. The van der Waals surface area contributed by atoms with Crippen molar-refractivity contribution in [2.75, 3.05) is 44.2 Å². The molecule has 0 saturated carbocycles. The zero-order chi connectivity index (χ0) is 23.2. The maximum Gasteiger partial charge on any atom is 0.260 e. The van der Waals surface area contributed by atoms with Gasteiger partial charge in [-0.25, -0.2) is 8.42 Å². The number of nitrogens with zero attached hydrogens (tertiary/aromatic N) is 3. The largest absolute Gasteiger partial charge is 0.484 e. The molecule has 2 amide bonds. The molecule has 1 saturated heterocycles. The van der Waals surface area contributed by atoms with Crippen LogP contribution in [0.2, 0.25) is 0 Å². The number of aryl methyl sites for hydroxylation is 2. The molecular formula is C24H27N3O5S. The lowest BCUT2D eigenvalue weighted by Crippen LogP contribution is -2.51. The van der Waals surface area contributed by atoms with Gasteiger partial charge in [0.2, 0.25) is 15.9 Å². The second kappa shape index (κ2) is 8.46. The molecule has 2 aromatic rings. The first-order valence-corrected chi connectivity index (χ1v) is 12.7. The van der Waals surface area contributed by atoms with Crippen LogP contribution in [0.3, 0.4) is 0 Å². The van der Waals surface area contributed by atoms with Crippen LogP contribution in [0, 0.1) is 6.92 Å². The Morgan fingerprint density at radius 2 is 1.67 bits per heavy atom. The van der Waals surface area contributed by atoms with Crippen LogP contribution in [0.15, 0.2) is 41.3 Å². The van der Waals surface area contributed by atoms with E-state index in [1.54, 1.807) is 21.9 Å². The standard InChI is InChI=1S/C24H27N3O5S/c1-17-4-2-3-5-21(17)32-16-23(29)25-10-12-26(13-11-25)33(30,31)20-14-18-6-7-22(28)27-9-8-19(15-20)24(18)27/h2-5,14-15H,6-13,16H2,1H3.